The van der Waals surface area contributed by atoms with Gasteiger partial charge in [-0.1, -0.05) is 0 Å². The van der Waals surface area contributed by atoms with E-state index in [1.807, 2.05) is 6.07 Å². The molecule has 0 amide bonds. The van der Waals surface area contributed by atoms with Crippen LogP contribution in [-0.2, 0) is 0 Å². The van der Waals surface area contributed by atoms with E-state index < -0.39 is 4.92 Å². The zero-order chi connectivity index (χ0) is 14.0. The maximum absolute atomic E-state index is 10.6. The van der Waals surface area contributed by atoms with Gasteiger partial charge >= 0.3 is 0 Å². The molecule has 2 aromatic rings. The zero-order valence-electron chi connectivity index (χ0n) is 9.90. The molecule has 96 valence electrons. The third-order valence-electron chi connectivity index (χ3n) is 2.50. The molecule has 1 aromatic carbocycles. The van der Waals surface area contributed by atoms with E-state index in [0.717, 1.165) is 0 Å². The van der Waals surface area contributed by atoms with Crippen LogP contribution in [-0.4, -0.2) is 21.0 Å². The van der Waals surface area contributed by atoms with Gasteiger partial charge in [0.05, 0.1) is 10.6 Å². The molecule has 0 radical (unpaired) electrons. The minimum absolute atomic E-state index is 0.0138. The molecule has 19 heavy (non-hydrogen) atoms. The molecule has 0 spiro atoms. The highest BCUT2D eigenvalue weighted by molar-refractivity contribution is 7.98. The minimum atomic E-state index is -0.482. The van der Waals surface area contributed by atoms with Crippen LogP contribution in [0.1, 0.15) is 5.56 Å². The third kappa shape index (κ3) is 2.23. The fourth-order valence-electron chi connectivity index (χ4n) is 1.57. The van der Waals surface area contributed by atoms with Crippen molar-refractivity contribution in [2.24, 2.45) is 0 Å². The van der Waals surface area contributed by atoms with E-state index in [2.05, 4.69) is 5.10 Å². The number of aromatic nitrogens is 2. The zero-order valence-corrected chi connectivity index (χ0v) is 10.7. The van der Waals surface area contributed by atoms with E-state index in [-0.39, 0.29) is 11.5 Å². The number of nitrogens with two attached hydrogens (primary N) is 1. The highest BCUT2D eigenvalue weighted by Gasteiger charge is 2.16. The fourth-order valence-corrected chi connectivity index (χ4v) is 2.09. The van der Waals surface area contributed by atoms with E-state index in [1.165, 1.54) is 40.7 Å². The summed E-state index contributed by atoms with van der Waals surface area (Å²) in [7, 11) is 0. The van der Waals surface area contributed by atoms with Crippen molar-refractivity contribution in [3.05, 3.63) is 39.9 Å². The van der Waals surface area contributed by atoms with Gasteiger partial charge in [-0.05, 0) is 18.4 Å². The highest BCUT2D eigenvalue weighted by Crippen LogP contribution is 2.26. The normalized spacial score (nSPS) is 10.1. The Morgan fingerprint density at radius 3 is 2.53 bits per heavy atom. The summed E-state index contributed by atoms with van der Waals surface area (Å²) in [6.07, 6.45) is 1.79. The number of nitro groups is 1. The number of nitro benzene ring substituents is 1. The van der Waals surface area contributed by atoms with Crippen LogP contribution in [0.3, 0.4) is 0 Å². The Morgan fingerprint density at radius 2 is 2.11 bits per heavy atom. The van der Waals surface area contributed by atoms with Crippen LogP contribution in [0.5, 0.6) is 0 Å². The lowest BCUT2D eigenvalue weighted by Gasteiger charge is -2.02. The number of non-ortho nitro benzene ring substituents is 1. The Kier molecular flexibility index (Phi) is 3.39. The maximum atomic E-state index is 10.6. The molecule has 0 aliphatic heterocycles. The van der Waals surface area contributed by atoms with Gasteiger partial charge in [-0.25, -0.2) is 4.68 Å². The van der Waals surface area contributed by atoms with Crippen molar-refractivity contribution in [1.29, 1.82) is 5.26 Å². The topological polar surface area (TPSA) is 111 Å². The van der Waals surface area contributed by atoms with Gasteiger partial charge in [0.1, 0.15) is 22.5 Å². The molecular formula is C11H9N5O2S. The number of nitrogen functional groups attached to an aromatic ring is 1. The quantitative estimate of drug-likeness (QED) is 0.520. The van der Waals surface area contributed by atoms with Crippen molar-refractivity contribution in [1.82, 2.24) is 9.78 Å². The maximum Gasteiger partial charge on any atom is 0.269 e. The fraction of sp³-hybridized carbons (Fsp3) is 0.0909. The summed E-state index contributed by atoms with van der Waals surface area (Å²) in [5.41, 5.74) is 6.72. The van der Waals surface area contributed by atoms with E-state index >= 15 is 0 Å². The number of rotatable bonds is 3. The molecule has 0 saturated heterocycles. The molecule has 2 N–H and O–H groups in total. The van der Waals surface area contributed by atoms with Gasteiger partial charge in [0, 0.05) is 12.1 Å². The summed E-state index contributed by atoms with van der Waals surface area (Å²) in [5.74, 6) is 0.223. The van der Waals surface area contributed by atoms with E-state index in [1.54, 1.807) is 6.26 Å². The monoisotopic (exact) mass is 275 g/mol. The van der Waals surface area contributed by atoms with Crippen LogP contribution in [0.2, 0.25) is 0 Å². The molecule has 2 rings (SSSR count). The standard InChI is InChI=1S/C11H9N5O2S/c1-19-11-9(6-12)10(13)15(14-11)7-2-4-8(5-3-7)16(17)18/h2-5H,13H2,1H3. The molecule has 0 unspecified atom stereocenters. The first kappa shape index (κ1) is 12.9. The van der Waals surface area contributed by atoms with Crippen LogP contribution in [0.15, 0.2) is 29.3 Å². The first-order chi connectivity index (χ1) is 9.08. The second-order valence-corrected chi connectivity index (χ2v) is 4.36. The summed E-state index contributed by atoms with van der Waals surface area (Å²) in [6, 6.07) is 7.79. The molecule has 0 fully saturated rings. The minimum Gasteiger partial charge on any atom is -0.382 e. The largest absolute Gasteiger partial charge is 0.382 e. The lowest BCUT2D eigenvalue weighted by atomic mass is 10.3. The van der Waals surface area contributed by atoms with Crippen molar-refractivity contribution in [2.45, 2.75) is 5.03 Å². The molecule has 8 heteroatoms. The van der Waals surface area contributed by atoms with Crippen LogP contribution < -0.4 is 5.73 Å². The van der Waals surface area contributed by atoms with E-state index in [0.29, 0.717) is 16.3 Å². The Morgan fingerprint density at radius 1 is 1.47 bits per heavy atom. The molecule has 7 nitrogen and oxygen atoms in total. The lowest BCUT2D eigenvalue weighted by Crippen LogP contribution is -2.02. The van der Waals surface area contributed by atoms with E-state index in [9.17, 15) is 10.1 Å². The lowest BCUT2D eigenvalue weighted by molar-refractivity contribution is -0.384. The number of hydrogen-bond acceptors (Lipinski definition) is 6. The van der Waals surface area contributed by atoms with Crippen LogP contribution in [0.4, 0.5) is 11.5 Å². The predicted molar refractivity (Wildman–Crippen MR) is 71.1 cm³/mol. The Labute approximate surface area is 112 Å². The molecule has 1 heterocycles. The molecule has 0 bridgehead atoms. The van der Waals surface area contributed by atoms with Gasteiger partial charge in [-0.15, -0.1) is 11.8 Å². The van der Waals surface area contributed by atoms with Crippen molar-refractivity contribution in [2.75, 3.05) is 12.0 Å². The number of benzene rings is 1. The summed E-state index contributed by atoms with van der Waals surface area (Å²) < 4.78 is 1.40. The number of hydrogen-bond donors (Lipinski definition) is 1. The van der Waals surface area contributed by atoms with Gasteiger partial charge in [0.15, 0.2) is 0 Å². The molecule has 0 atom stereocenters. The van der Waals surface area contributed by atoms with Crippen LogP contribution >= 0.6 is 11.8 Å². The van der Waals surface area contributed by atoms with Crippen molar-refractivity contribution >= 4 is 23.3 Å². The first-order valence-corrected chi connectivity index (χ1v) is 6.38. The predicted octanol–water partition coefficient (Wildman–Crippen LogP) is 1.96. The number of nitrogens with zero attached hydrogens (tertiary/aromatic N) is 4. The molecule has 0 aliphatic rings. The van der Waals surface area contributed by atoms with Crippen LogP contribution in [0, 0.1) is 21.4 Å². The second kappa shape index (κ2) is 4.99. The Hall–Kier alpha value is -2.53. The van der Waals surface area contributed by atoms with Crippen LogP contribution in [0.25, 0.3) is 5.69 Å². The average Bonchev–Trinajstić information content (AvgIpc) is 2.75. The first-order valence-electron chi connectivity index (χ1n) is 5.16. The highest BCUT2D eigenvalue weighted by atomic mass is 32.2. The average molecular weight is 275 g/mol. The van der Waals surface area contributed by atoms with Gasteiger partial charge < -0.3 is 5.73 Å². The molecule has 0 aliphatic carbocycles. The van der Waals surface area contributed by atoms with Crippen molar-refractivity contribution in [3.8, 4) is 11.8 Å². The Bertz CT molecular complexity index is 672. The summed E-state index contributed by atoms with van der Waals surface area (Å²) >= 11 is 1.32. The van der Waals surface area contributed by atoms with Gasteiger partial charge in [0.25, 0.3) is 5.69 Å². The smallest absolute Gasteiger partial charge is 0.269 e. The second-order valence-electron chi connectivity index (χ2n) is 3.57. The van der Waals surface area contributed by atoms with Gasteiger partial charge in [0.2, 0.25) is 0 Å². The van der Waals surface area contributed by atoms with E-state index in [4.69, 9.17) is 11.0 Å². The summed E-state index contributed by atoms with van der Waals surface area (Å²) in [5, 5.41) is 24.3. The Balaban J connectivity index is 2.51. The summed E-state index contributed by atoms with van der Waals surface area (Å²) in [6.45, 7) is 0. The van der Waals surface area contributed by atoms with Crippen molar-refractivity contribution in [3.63, 3.8) is 0 Å². The number of anilines is 1. The molecular weight excluding hydrogens is 266 g/mol. The van der Waals surface area contributed by atoms with Crippen molar-refractivity contribution < 1.29 is 4.92 Å². The molecule has 0 saturated carbocycles. The SMILES string of the molecule is CSc1nn(-c2ccc([N+](=O)[O-])cc2)c(N)c1C#N. The van der Waals surface area contributed by atoms with Gasteiger partial charge in [-0.2, -0.15) is 10.4 Å². The summed E-state index contributed by atoms with van der Waals surface area (Å²) in [4.78, 5) is 10.1. The van der Waals surface area contributed by atoms with Gasteiger partial charge in [-0.3, -0.25) is 10.1 Å². The number of thioether (sulfide) groups is 1. The third-order valence-corrected chi connectivity index (χ3v) is 3.17. The number of nitriles is 1. The molecule has 1 aromatic heterocycles.